The summed E-state index contributed by atoms with van der Waals surface area (Å²) >= 11 is 0. The fourth-order valence-electron chi connectivity index (χ4n) is 3.17. The molecule has 24 heavy (non-hydrogen) atoms. The molecule has 2 aliphatic heterocycles. The number of imidazole rings is 1. The Hall–Kier alpha value is -1.90. The van der Waals surface area contributed by atoms with E-state index in [1.54, 1.807) is 12.1 Å². The van der Waals surface area contributed by atoms with E-state index in [4.69, 9.17) is 4.74 Å². The van der Waals surface area contributed by atoms with E-state index in [1.807, 2.05) is 24.7 Å². The molecule has 0 aliphatic carbocycles. The highest BCUT2D eigenvalue weighted by molar-refractivity contribution is 7.89. The lowest BCUT2D eigenvalue weighted by molar-refractivity contribution is 0.0730. The number of ether oxygens (including phenoxy) is 1. The molecule has 8 heteroatoms. The second-order valence-corrected chi connectivity index (χ2v) is 7.95. The van der Waals surface area contributed by atoms with Crippen molar-refractivity contribution in [2.45, 2.75) is 18.0 Å². The monoisotopic (exact) mass is 348 g/mol. The fourth-order valence-corrected chi connectivity index (χ4v) is 4.58. The number of hydrogen-bond acceptors (Lipinski definition) is 5. The molecule has 1 fully saturated rings. The molecule has 1 saturated heterocycles. The van der Waals surface area contributed by atoms with Crippen molar-refractivity contribution >= 4 is 15.7 Å². The van der Waals surface area contributed by atoms with Gasteiger partial charge in [-0.1, -0.05) is 0 Å². The zero-order chi connectivity index (χ0) is 16.6. The summed E-state index contributed by atoms with van der Waals surface area (Å²) in [5.74, 6) is 0. The van der Waals surface area contributed by atoms with Crippen LogP contribution in [0.1, 0.15) is 5.69 Å². The molecule has 4 rings (SSSR count). The van der Waals surface area contributed by atoms with Crippen LogP contribution in [0.5, 0.6) is 0 Å². The molecule has 0 atom stereocenters. The Morgan fingerprint density at radius 3 is 2.50 bits per heavy atom. The topological polar surface area (TPSA) is 67.7 Å². The lowest BCUT2D eigenvalue weighted by Gasteiger charge is -2.30. The number of rotatable bonds is 3. The van der Waals surface area contributed by atoms with Crippen molar-refractivity contribution in [2.24, 2.45) is 0 Å². The van der Waals surface area contributed by atoms with Crippen LogP contribution >= 0.6 is 0 Å². The molecule has 1 aromatic carbocycles. The van der Waals surface area contributed by atoms with Crippen LogP contribution in [0.15, 0.2) is 41.7 Å². The van der Waals surface area contributed by atoms with Gasteiger partial charge in [-0.15, -0.1) is 0 Å². The Morgan fingerprint density at radius 1 is 1.00 bits per heavy atom. The molecule has 0 amide bonds. The fraction of sp³-hybridized carbons (Fsp3) is 0.438. The molecule has 128 valence electrons. The number of aromatic nitrogens is 2. The van der Waals surface area contributed by atoms with Gasteiger partial charge in [0.2, 0.25) is 10.0 Å². The van der Waals surface area contributed by atoms with Gasteiger partial charge in [-0.05, 0) is 24.3 Å². The first-order valence-corrected chi connectivity index (χ1v) is 9.50. The summed E-state index contributed by atoms with van der Waals surface area (Å²) in [7, 11) is -3.43. The van der Waals surface area contributed by atoms with Crippen LogP contribution in [0.2, 0.25) is 0 Å². The Kier molecular flexibility index (Phi) is 4.03. The Labute approximate surface area is 141 Å². The summed E-state index contributed by atoms with van der Waals surface area (Å²) in [4.78, 5) is 6.75. The van der Waals surface area contributed by atoms with Crippen LogP contribution in [0, 0.1) is 0 Å². The molecule has 2 aliphatic rings. The first-order valence-electron chi connectivity index (χ1n) is 8.06. The number of sulfonamides is 1. The van der Waals surface area contributed by atoms with Gasteiger partial charge in [0.15, 0.2) is 0 Å². The maximum atomic E-state index is 12.6. The molecule has 1 aromatic heterocycles. The Balaban J connectivity index is 1.53. The molecule has 0 spiro atoms. The normalized spacial score (nSPS) is 19.2. The van der Waals surface area contributed by atoms with Crippen molar-refractivity contribution in [3.05, 3.63) is 42.5 Å². The molecule has 0 unspecified atom stereocenters. The number of benzene rings is 1. The third-order valence-corrected chi connectivity index (χ3v) is 6.48. The van der Waals surface area contributed by atoms with E-state index < -0.39 is 10.0 Å². The summed E-state index contributed by atoms with van der Waals surface area (Å²) in [5, 5.41) is 0. The summed E-state index contributed by atoms with van der Waals surface area (Å²) in [5.41, 5.74) is 2.20. The maximum Gasteiger partial charge on any atom is 0.243 e. The first-order chi connectivity index (χ1) is 11.6. The zero-order valence-electron chi connectivity index (χ0n) is 13.3. The second kappa shape index (κ2) is 6.19. The van der Waals surface area contributed by atoms with Crippen molar-refractivity contribution in [3.63, 3.8) is 0 Å². The van der Waals surface area contributed by atoms with Gasteiger partial charge in [0.25, 0.3) is 0 Å². The van der Waals surface area contributed by atoms with Crippen molar-refractivity contribution in [1.29, 1.82) is 0 Å². The van der Waals surface area contributed by atoms with Crippen LogP contribution in [-0.2, 0) is 27.8 Å². The van der Waals surface area contributed by atoms with Gasteiger partial charge < -0.3 is 14.2 Å². The quantitative estimate of drug-likeness (QED) is 0.825. The van der Waals surface area contributed by atoms with E-state index in [0.717, 1.165) is 25.3 Å². The van der Waals surface area contributed by atoms with Crippen molar-refractivity contribution in [1.82, 2.24) is 13.9 Å². The largest absolute Gasteiger partial charge is 0.379 e. The molecular formula is C16H20N4O3S. The molecule has 3 heterocycles. The SMILES string of the molecule is O=S(=O)(c1ccc(N2CCn3cncc3C2)cc1)N1CCOCC1. The van der Waals surface area contributed by atoms with Crippen LogP contribution in [0.4, 0.5) is 5.69 Å². The molecule has 0 radical (unpaired) electrons. The number of fused-ring (bicyclic) bond motifs is 1. The first kappa shape index (κ1) is 15.6. The van der Waals surface area contributed by atoms with E-state index in [2.05, 4.69) is 14.5 Å². The molecular weight excluding hydrogens is 328 g/mol. The summed E-state index contributed by atoms with van der Waals surface area (Å²) in [6.07, 6.45) is 3.73. The zero-order valence-corrected chi connectivity index (χ0v) is 14.2. The van der Waals surface area contributed by atoms with Gasteiger partial charge >= 0.3 is 0 Å². The van der Waals surface area contributed by atoms with Crippen molar-refractivity contribution in [3.8, 4) is 0 Å². The van der Waals surface area contributed by atoms with E-state index in [1.165, 1.54) is 10.00 Å². The molecule has 0 N–H and O–H groups in total. The van der Waals surface area contributed by atoms with Crippen LogP contribution in [0.3, 0.4) is 0 Å². The van der Waals surface area contributed by atoms with Gasteiger partial charge in [0, 0.05) is 38.1 Å². The van der Waals surface area contributed by atoms with E-state index in [-0.39, 0.29) is 0 Å². The number of anilines is 1. The molecule has 7 nitrogen and oxygen atoms in total. The minimum atomic E-state index is -3.43. The van der Waals surface area contributed by atoms with E-state index in [0.29, 0.717) is 31.2 Å². The van der Waals surface area contributed by atoms with Gasteiger partial charge in [-0.3, -0.25) is 0 Å². The molecule has 0 saturated carbocycles. The van der Waals surface area contributed by atoms with Gasteiger partial charge in [0.05, 0.1) is 36.7 Å². The average molecular weight is 348 g/mol. The Bertz CT molecular complexity index is 810. The highest BCUT2D eigenvalue weighted by Gasteiger charge is 2.26. The number of hydrogen-bond donors (Lipinski definition) is 0. The Morgan fingerprint density at radius 2 is 1.75 bits per heavy atom. The van der Waals surface area contributed by atoms with E-state index in [9.17, 15) is 8.42 Å². The van der Waals surface area contributed by atoms with Gasteiger partial charge in [0.1, 0.15) is 0 Å². The third kappa shape index (κ3) is 2.81. The lowest BCUT2D eigenvalue weighted by Crippen LogP contribution is -2.40. The summed E-state index contributed by atoms with van der Waals surface area (Å²) < 4.78 is 34.2. The van der Waals surface area contributed by atoms with Crippen LogP contribution in [-0.4, -0.2) is 55.1 Å². The average Bonchev–Trinajstić information content (AvgIpc) is 3.10. The molecule has 0 bridgehead atoms. The van der Waals surface area contributed by atoms with Gasteiger partial charge in [-0.2, -0.15) is 4.31 Å². The van der Waals surface area contributed by atoms with Crippen LogP contribution < -0.4 is 4.90 Å². The smallest absolute Gasteiger partial charge is 0.243 e. The van der Waals surface area contributed by atoms with Crippen LogP contribution in [0.25, 0.3) is 0 Å². The van der Waals surface area contributed by atoms with Gasteiger partial charge in [-0.25, -0.2) is 13.4 Å². The van der Waals surface area contributed by atoms with Crippen molar-refractivity contribution in [2.75, 3.05) is 37.7 Å². The second-order valence-electron chi connectivity index (χ2n) is 6.01. The predicted molar refractivity (Wildman–Crippen MR) is 89.3 cm³/mol. The maximum absolute atomic E-state index is 12.6. The minimum absolute atomic E-state index is 0.343. The summed E-state index contributed by atoms with van der Waals surface area (Å²) in [6, 6.07) is 7.18. The van der Waals surface area contributed by atoms with E-state index >= 15 is 0 Å². The third-order valence-electron chi connectivity index (χ3n) is 4.57. The number of morpholine rings is 1. The standard InChI is InChI=1S/C16H20N4O3S/c21-24(22,20-7-9-23-10-8-20)16-3-1-14(2-4-16)18-5-6-19-13-17-11-15(19)12-18/h1-4,11,13H,5-10,12H2. The predicted octanol–water partition coefficient (Wildman–Crippen LogP) is 0.924. The van der Waals surface area contributed by atoms with Crippen molar-refractivity contribution < 1.29 is 13.2 Å². The lowest BCUT2D eigenvalue weighted by atomic mass is 10.2. The highest BCUT2D eigenvalue weighted by atomic mass is 32.2. The molecule has 2 aromatic rings. The highest BCUT2D eigenvalue weighted by Crippen LogP contribution is 2.24. The number of nitrogens with zero attached hydrogens (tertiary/aromatic N) is 4. The minimum Gasteiger partial charge on any atom is -0.379 e. The summed E-state index contributed by atoms with van der Waals surface area (Å²) in [6.45, 7) is 4.32.